The van der Waals surface area contributed by atoms with Crippen LogP contribution in [0.25, 0.3) is 0 Å². The van der Waals surface area contributed by atoms with Gasteiger partial charge >= 0.3 is 5.97 Å². The minimum Gasteiger partial charge on any atom is -0.465 e. The molecule has 0 aliphatic heterocycles. The summed E-state index contributed by atoms with van der Waals surface area (Å²) in [4.78, 5) is 16.2. The predicted octanol–water partition coefficient (Wildman–Crippen LogP) is 4.92. The molecule has 0 aliphatic carbocycles. The average molecular weight is 398 g/mol. The molecule has 0 bridgehead atoms. The topological polar surface area (TPSA) is 89.0 Å². The molecule has 144 valence electrons. The molecule has 0 atom stereocenters. The number of esters is 1. The third-order valence-electron chi connectivity index (χ3n) is 4.04. The van der Waals surface area contributed by atoms with Crippen LogP contribution < -0.4 is 10.6 Å². The number of hydrogen-bond acceptors (Lipinski definition) is 7. The fourth-order valence-electron chi connectivity index (χ4n) is 2.66. The third kappa shape index (κ3) is 4.55. The van der Waals surface area contributed by atoms with Gasteiger partial charge in [-0.05, 0) is 35.7 Å². The molecule has 0 spiro atoms. The third-order valence-corrected chi connectivity index (χ3v) is 4.37. The van der Waals surface area contributed by atoms with E-state index in [4.69, 9.17) is 16.3 Å². The van der Waals surface area contributed by atoms with E-state index in [0.29, 0.717) is 34.0 Å². The van der Waals surface area contributed by atoms with E-state index in [1.165, 1.54) is 13.3 Å². The molecule has 1 heterocycles. The van der Waals surface area contributed by atoms with Crippen LogP contribution in [0.1, 0.15) is 35.7 Å². The van der Waals surface area contributed by atoms with Gasteiger partial charge in [-0.2, -0.15) is 10.1 Å². The first-order chi connectivity index (χ1) is 13.5. The molecule has 0 aliphatic rings. The summed E-state index contributed by atoms with van der Waals surface area (Å²) < 4.78 is 4.74. The van der Waals surface area contributed by atoms with Crippen LogP contribution in [-0.2, 0) is 4.74 Å². The van der Waals surface area contributed by atoms with Gasteiger partial charge in [-0.1, -0.05) is 43.6 Å². The lowest BCUT2D eigenvalue weighted by Gasteiger charge is -2.14. The Labute approximate surface area is 168 Å². The van der Waals surface area contributed by atoms with Gasteiger partial charge in [0.15, 0.2) is 5.82 Å². The summed E-state index contributed by atoms with van der Waals surface area (Å²) in [6, 6.07) is 12.8. The van der Waals surface area contributed by atoms with Crippen LogP contribution in [0.15, 0.2) is 48.7 Å². The minimum atomic E-state index is -0.451. The van der Waals surface area contributed by atoms with Crippen LogP contribution in [0.5, 0.6) is 0 Å². The Bertz CT molecular complexity index is 994. The number of nitrogens with zero attached hydrogens (tertiary/aromatic N) is 3. The second kappa shape index (κ2) is 8.67. The van der Waals surface area contributed by atoms with E-state index in [0.717, 1.165) is 11.3 Å². The molecule has 0 unspecified atom stereocenters. The number of methoxy groups -OCH3 is 1. The summed E-state index contributed by atoms with van der Waals surface area (Å²) in [7, 11) is 1.32. The van der Waals surface area contributed by atoms with Crippen molar-refractivity contribution in [3.63, 3.8) is 0 Å². The molecular formula is C20H20ClN5O2. The van der Waals surface area contributed by atoms with E-state index in [1.54, 1.807) is 18.2 Å². The maximum atomic E-state index is 11.7. The minimum absolute atomic E-state index is 0.345. The number of nitrogens with one attached hydrogen (secondary N) is 2. The van der Waals surface area contributed by atoms with Crippen molar-refractivity contribution >= 4 is 40.7 Å². The summed E-state index contributed by atoms with van der Waals surface area (Å²) in [6.45, 7) is 4.24. The molecule has 8 heteroatoms. The van der Waals surface area contributed by atoms with Crippen molar-refractivity contribution in [3.05, 3.63) is 64.8 Å². The molecule has 0 saturated carbocycles. The lowest BCUT2D eigenvalue weighted by Crippen LogP contribution is -2.05. The normalized spacial score (nSPS) is 10.6. The first-order valence-corrected chi connectivity index (χ1v) is 9.06. The second-order valence-corrected chi connectivity index (χ2v) is 6.75. The summed E-state index contributed by atoms with van der Waals surface area (Å²) in [5, 5.41) is 14.7. The van der Waals surface area contributed by atoms with Gasteiger partial charge in [-0.15, -0.1) is 5.10 Å². The molecule has 28 heavy (non-hydrogen) atoms. The van der Waals surface area contributed by atoms with Crippen LogP contribution in [0.4, 0.5) is 23.1 Å². The Morgan fingerprint density at radius 3 is 2.64 bits per heavy atom. The van der Waals surface area contributed by atoms with Gasteiger partial charge < -0.3 is 15.4 Å². The van der Waals surface area contributed by atoms with Gasteiger partial charge in [0, 0.05) is 5.69 Å². The zero-order chi connectivity index (χ0) is 20.1. The molecule has 0 radical (unpaired) electrons. The van der Waals surface area contributed by atoms with Crippen LogP contribution >= 0.6 is 11.6 Å². The van der Waals surface area contributed by atoms with Crippen LogP contribution in [0.2, 0.25) is 5.02 Å². The maximum absolute atomic E-state index is 11.7. The van der Waals surface area contributed by atoms with E-state index in [-0.39, 0.29) is 0 Å². The van der Waals surface area contributed by atoms with Crippen molar-refractivity contribution in [2.75, 3.05) is 17.7 Å². The first-order valence-electron chi connectivity index (χ1n) is 8.68. The molecule has 2 N–H and O–H groups in total. The standard InChI is InChI=1S/C20H20ClN5O2/c1-12(2)14-6-4-5-7-16(14)24-20-25-18(11-22-26-20)23-17-10-13(19(27)28-3)8-9-15(17)21/h4-12H,1-3H3,(H2,23,24,25,26). The van der Waals surface area contributed by atoms with Gasteiger partial charge in [0.2, 0.25) is 5.95 Å². The first kappa shape index (κ1) is 19.6. The van der Waals surface area contributed by atoms with Crippen molar-refractivity contribution in [1.82, 2.24) is 15.2 Å². The zero-order valence-corrected chi connectivity index (χ0v) is 16.5. The molecular weight excluding hydrogens is 378 g/mol. The van der Waals surface area contributed by atoms with Crippen molar-refractivity contribution in [3.8, 4) is 0 Å². The lowest BCUT2D eigenvalue weighted by molar-refractivity contribution is 0.0601. The Kier molecular flexibility index (Phi) is 6.06. The Morgan fingerprint density at radius 2 is 1.89 bits per heavy atom. The van der Waals surface area contributed by atoms with Crippen LogP contribution in [0.3, 0.4) is 0 Å². The number of halogens is 1. The van der Waals surface area contributed by atoms with Gasteiger partial charge in [0.05, 0.1) is 29.6 Å². The van der Waals surface area contributed by atoms with Crippen molar-refractivity contribution in [1.29, 1.82) is 0 Å². The molecule has 3 rings (SSSR count). The number of carbonyl (C=O) groups is 1. The van der Waals surface area contributed by atoms with E-state index in [2.05, 4.69) is 45.7 Å². The van der Waals surface area contributed by atoms with Gasteiger partial charge in [0.1, 0.15) is 0 Å². The highest BCUT2D eigenvalue weighted by Gasteiger charge is 2.11. The Hall–Kier alpha value is -3.19. The largest absolute Gasteiger partial charge is 0.465 e. The summed E-state index contributed by atoms with van der Waals surface area (Å²) in [5.41, 5.74) is 2.96. The molecule has 0 fully saturated rings. The van der Waals surface area contributed by atoms with E-state index in [9.17, 15) is 4.79 Å². The number of aromatic nitrogens is 3. The number of ether oxygens (including phenoxy) is 1. The molecule has 0 amide bonds. The quantitative estimate of drug-likeness (QED) is 0.570. The number of benzene rings is 2. The fourth-order valence-corrected chi connectivity index (χ4v) is 2.82. The van der Waals surface area contributed by atoms with Crippen LogP contribution in [0, 0.1) is 0 Å². The average Bonchev–Trinajstić information content (AvgIpc) is 2.69. The zero-order valence-electron chi connectivity index (χ0n) is 15.7. The van der Waals surface area contributed by atoms with Crippen molar-refractivity contribution < 1.29 is 9.53 Å². The maximum Gasteiger partial charge on any atom is 0.337 e. The second-order valence-electron chi connectivity index (χ2n) is 6.34. The Balaban J connectivity index is 1.84. The predicted molar refractivity (Wildman–Crippen MR) is 110 cm³/mol. The number of carbonyl (C=O) groups excluding carboxylic acids is 1. The Morgan fingerprint density at radius 1 is 1.11 bits per heavy atom. The molecule has 3 aromatic rings. The van der Waals surface area contributed by atoms with E-state index in [1.807, 2.05) is 18.2 Å². The van der Waals surface area contributed by atoms with Crippen molar-refractivity contribution in [2.24, 2.45) is 0 Å². The van der Waals surface area contributed by atoms with E-state index >= 15 is 0 Å². The highest BCUT2D eigenvalue weighted by atomic mass is 35.5. The highest BCUT2D eigenvalue weighted by Crippen LogP contribution is 2.28. The molecule has 0 saturated heterocycles. The summed E-state index contributed by atoms with van der Waals surface area (Å²) in [6.07, 6.45) is 1.47. The van der Waals surface area contributed by atoms with Gasteiger partial charge in [-0.3, -0.25) is 0 Å². The number of rotatable bonds is 6. The van der Waals surface area contributed by atoms with E-state index < -0.39 is 5.97 Å². The van der Waals surface area contributed by atoms with Crippen LogP contribution in [-0.4, -0.2) is 28.3 Å². The SMILES string of the molecule is COC(=O)c1ccc(Cl)c(Nc2cnnc(Nc3ccccc3C(C)C)n2)c1. The monoisotopic (exact) mass is 397 g/mol. The molecule has 2 aromatic carbocycles. The molecule has 7 nitrogen and oxygen atoms in total. The highest BCUT2D eigenvalue weighted by molar-refractivity contribution is 6.33. The van der Waals surface area contributed by atoms with Gasteiger partial charge in [0.25, 0.3) is 0 Å². The lowest BCUT2D eigenvalue weighted by atomic mass is 10.0. The number of para-hydroxylation sites is 1. The smallest absolute Gasteiger partial charge is 0.337 e. The molecule has 1 aromatic heterocycles. The summed E-state index contributed by atoms with van der Waals surface area (Å²) >= 11 is 6.23. The van der Waals surface area contributed by atoms with Crippen molar-refractivity contribution in [2.45, 2.75) is 19.8 Å². The number of anilines is 4. The summed E-state index contributed by atoms with van der Waals surface area (Å²) in [5.74, 6) is 0.674. The van der Waals surface area contributed by atoms with Gasteiger partial charge in [-0.25, -0.2) is 4.79 Å². The fraction of sp³-hybridized carbons (Fsp3) is 0.200. The number of hydrogen-bond donors (Lipinski definition) is 2.